The van der Waals surface area contributed by atoms with E-state index in [0.29, 0.717) is 6.61 Å². The highest BCUT2D eigenvalue weighted by atomic mass is 79.9. The lowest BCUT2D eigenvalue weighted by Gasteiger charge is -2.06. The summed E-state index contributed by atoms with van der Waals surface area (Å²) < 4.78 is 31.3. The second-order valence-electron chi connectivity index (χ2n) is 2.89. The van der Waals surface area contributed by atoms with Crippen LogP contribution in [0.1, 0.15) is 12.5 Å². The zero-order chi connectivity index (χ0) is 11.4. The molecule has 0 aliphatic rings. The molecule has 5 heteroatoms. The summed E-state index contributed by atoms with van der Waals surface area (Å²) in [6.45, 7) is 2.08. The van der Waals surface area contributed by atoms with Gasteiger partial charge < -0.3 is 4.74 Å². The molecule has 0 saturated carbocycles. The summed E-state index contributed by atoms with van der Waals surface area (Å²) in [6.07, 6.45) is -0.0378. The molecule has 2 nitrogen and oxygen atoms in total. The van der Waals surface area contributed by atoms with Crippen molar-refractivity contribution in [3.8, 4) is 0 Å². The molecule has 0 radical (unpaired) electrons. The van der Waals surface area contributed by atoms with Gasteiger partial charge in [0.1, 0.15) is 11.6 Å². The smallest absolute Gasteiger partial charge is 0.184 e. The Morgan fingerprint density at radius 2 is 2.07 bits per heavy atom. The fourth-order valence-corrected chi connectivity index (χ4v) is 1.41. The van der Waals surface area contributed by atoms with Crippen LogP contribution in [0.3, 0.4) is 0 Å². The summed E-state index contributed by atoms with van der Waals surface area (Å²) in [5.41, 5.74) is 0.120. The lowest BCUT2D eigenvalue weighted by atomic mass is 10.1. The van der Waals surface area contributed by atoms with Gasteiger partial charge in [0.15, 0.2) is 5.90 Å². The van der Waals surface area contributed by atoms with Crippen molar-refractivity contribution >= 4 is 21.8 Å². The molecule has 0 amide bonds. The second kappa shape index (κ2) is 5.21. The summed E-state index contributed by atoms with van der Waals surface area (Å²) in [7, 11) is 0. The van der Waals surface area contributed by atoms with E-state index in [1.165, 1.54) is 0 Å². The normalized spacial score (nSPS) is 10.1. The lowest BCUT2D eigenvalue weighted by Crippen LogP contribution is -2.08. The highest BCUT2D eigenvalue weighted by Crippen LogP contribution is 2.20. The van der Waals surface area contributed by atoms with E-state index in [-0.39, 0.29) is 22.4 Å². The number of benzene rings is 1. The van der Waals surface area contributed by atoms with Crippen LogP contribution in [0.15, 0.2) is 16.6 Å². The minimum Gasteiger partial charge on any atom is -0.481 e. The van der Waals surface area contributed by atoms with Crippen LogP contribution in [-0.2, 0) is 11.2 Å². The van der Waals surface area contributed by atoms with Gasteiger partial charge in [0.25, 0.3) is 0 Å². The molecule has 0 unspecified atom stereocenters. The highest BCUT2D eigenvalue weighted by molar-refractivity contribution is 9.10. The third-order valence-corrected chi connectivity index (χ3v) is 2.37. The van der Waals surface area contributed by atoms with Crippen molar-refractivity contribution < 1.29 is 13.5 Å². The first-order valence-electron chi connectivity index (χ1n) is 4.38. The largest absolute Gasteiger partial charge is 0.481 e. The third-order valence-electron chi connectivity index (χ3n) is 1.76. The monoisotopic (exact) mass is 277 g/mol. The van der Waals surface area contributed by atoms with Crippen LogP contribution < -0.4 is 0 Å². The molecule has 15 heavy (non-hydrogen) atoms. The first-order chi connectivity index (χ1) is 7.04. The molecule has 1 rings (SSSR count). The van der Waals surface area contributed by atoms with Crippen molar-refractivity contribution in [3.63, 3.8) is 0 Å². The average Bonchev–Trinajstić information content (AvgIpc) is 2.14. The molecule has 0 aliphatic heterocycles. The second-order valence-corrected chi connectivity index (χ2v) is 3.75. The van der Waals surface area contributed by atoms with E-state index in [9.17, 15) is 8.78 Å². The Morgan fingerprint density at radius 1 is 1.40 bits per heavy atom. The van der Waals surface area contributed by atoms with Crippen LogP contribution in [0.4, 0.5) is 8.78 Å². The molecule has 0 aromatic heterocycles. The van der Waals surface area contributed by atoms with E-state index in [0.717, 1.165) is 12.1 Å². The molecule has 0 aliphatic carbocycles. The van der Waals surface area contributed by atoms with Crippen molar-refractivity contribution in [1.82, 2.24) is 0 Å². The quantitative estimate of drug-likeness (QED) is 0.513. The van der Waals surface area contributed by atoms with E-state index >= 15 is 0 Å². The predicted octanol–water partition coefficient (Wildman–Crippen LogP) is 3.28. The SMILES string of the molecule is CCOC(=N)Cc1cc(F)c(Br)cc1F. The van der Waals surface area contributed by atoms with Crippen LogP contribution in [0.2, 0.25) is 0 Å². The molecule has 0 saturated heterocycles. The van der Waals surface area contributed by atoms with Gasteiger partial charge in [0.2, 0.25) is 0 Å². The molecule has 0 fully saturated rings. The van der Waals surface area contributed by atoms with Crippen molar-refractivity contribution in [2.24, 2.45) is 0 Å². The summed E-state index contributed by atoms with van der Waals surface area (Å²) >= 11 is 2.88. The zero-order valence-corrected chi connectivity index (χ0v) is 9.70. The first kappa shape index (κ1) is 12.1. The number of hydrogen-bond donors (Lipinski definition) is 1. The molecule has 1 aromatic rings. The Kier molecular flexibility index (Phi) is 4.20. The van der Waals surface area contributed by atoms with Gasteiger partial charge >= 0.3 is 0 Å². The minimum absolute atomic E-state index is 0.0378. The molecular weight excluding hydrogens is 268 g/mol. The molecule has 1 aromatic carbocycles. The number of ether oxygens (including phenoxy) is 1. The molecule has 1 N–H and O–H groups in total. The number of halogens is 3. The van der Waals surface area contributed by atoms with Crippen LogP contribution >= 0.6 is 15.9 Å². The Bertz CT molecular complexity index is 382. The van der Waals surface area contributed by atoms with Gasteiger partial charge in [-0.2, -0.15) is 0 Å². The Morgan fingerprint density at radius 3 is 2.67 bits per heavy atom. The summed E-state index contributed by atoms with van der Waals surface area (Å²) in [5.74, 6) is -1.17. The summed E-state index contributed by atoms with van der Waals surface area (Å²) in [4.78, 5) is 0. The van der Waals surface area contributed by atoms with Crippen molar-refractivity contribution in [2.75, 3.05) is 6.61 Å². The summed E-state index contributed by atoms with van der Waals surface area (Å²) in [6, 6.07) is 2.11. The van der Waals surface area contributed by atoms with Gasteiger partial charge in [-0.05, 0) is 40.5 Å². The topological polar surface area (TPSA) is 33.1 Å². The maximum absolute atomic E-state index is 13.3. The van der Waals surface area contributed by atoms with Gasteiger partial charge in [0, 0.05) is 0 Å². The summed E-state index contributed by atoms with van der Waals surface area (Å²) in [5, 5.41) is 7.32. The fraction of sp³-hybridized carbons (Fsp3) is 0.300. The predicted molar refractivity (Wildman–Crippen MR) is 57.1 cm³/mol. The van der Waals surface area contributed by atoms with Gasteiger partial charge in [-0.15, -0.1) is 0 Å². The van der Waals surface area contributed by atoms with E-state index in [1.54, 1.807) is 6.92 Å². The standard InChI is InChI=1S/C10H10BrF2NO/c1-2-15-10(14)4-6-3-9(13)7(11)5-8(6)12/h3,5,14H,2,4H2,1H3. The maximum atomic E-state index is 13.3. The average molecular weight is 278 g/mol. The molecule has 0 bridgehead atoms. The number of rotatable bonds is 3. The van der Waals surface area contributed by atoms with Crippen molar-refractivity contribution in [1.29, 1.82) is 5.41 Å². The Labute approximate surface area is 94.9 Å². The molecule has 0 heterocycles. The highest BCUT2D eigenvalue weighted by Gasteiger charge is 2.10. The third kappa shape index (κ3) is 3.27. The van der Waals surface area contributed by atoms with Crippen molar-refractivity contribution in [2.45, 2.75) is 13.3 Å². The maximum Gasteiger partial charge on any atom is 0.184 e. The van der Waals surface area contributed by atoms with Crippen LogP contribution in [0, 0.1) is 17.0 Å². The van der Waals surface area contributed by atoms with E-state index in [2.05, 4.69) is 15.9 Å². The van der Waals surface area contributed by atoms with Crippen LogP contribution in [0.5, 0.6) is 0 Å². The van der Waals surface area contributed by atoms with Gasteiger partial charge in [-0.1, -0.05) is 0 Å². The fourth-order valence-electron chi connectivity index (χ4n) is 1.10. The zero-order valence-electron chi connectivity index (χ0n) is 8.11. The van der Waals surface area contributed by atoms with Gasteiger partial charge in [0.05, 0.1) is 17.5 Å². The number of nitrogens with one attached hydrogen (secondary N) is 1. The van der Waals surface area contributed by atoms with Gasteiger partial charge in [-0.25, -0.2) is 8.78 Å². The molecule has 0 atom stereocenters. The molecular formula is C10H10BrF2NO. The van der Waals surface area contributed by atoms with E-state index in [4.69, 9.17) is 10.1 Å². The molecule has 0 spiro atoms. The van der Waals surface area contributed by atoms with Crippen LogP contribution in [0.25, 0.3) is 0 Å². The van der Waals surface area contributed by atoms with Crippen LogP contribution in [-0.4, -0.2) is 12.5 Å². The molecule has 82 valence electrons. The van der Waals surface area contributed by atoms with E-state index in [1.807, 2.05) is 0 Å². The Balaban J connectivity index is 2.86. The first-order valence-corrected chi connectivity index (χ1v) is 5.17. The number of hydrogen-bond acceptors (Lipinski definition) is 2. The minimum atomic E-state index is -0.548. The Hall–Kier alpha value is -0.970. The lowest BCUT2D eigenvalue weighted by molar-refractivity contribution is 0.316. The van der Waals surface area contributed by atoms with Crippen molar-refractivity contribution in [3.05, 3.63) is 33.8 Å². The van der Waals surface area contributed by atoms with Gasteiger partial charge in [-0.3, -0.25) is 5.41 Å². The van der Waals surface area contributed by atoms with E-state index < -0.39 is 11.6 Å².